The molecule has 2 heterocycles. The van der Waals surface area contributed by atoms with E-state index in [1.807, 2.05) is 0 Å². The van der Waals surface area contributed by atoms with Crippen LogP contribution in [0.3, 0.4) is 0 Å². The van der Waals surface area contributed by atoms with Crippen LogP contribution in [0.4, 0.5) is 0 Å². The molecule has 0 radical (unpaired) electrons. The lowest BCUT2D eigenvalue weighted by molar-refractivity contribution is 0.216. The van der Waals surface area contributed by atoms with Gasteiger partial charge in [0.15, 0.2) is 0 Å². The van der Waals surface area contributed by atoms with Gasteiger partial charge >= 0.3 is 0 Å². The second-order valence-electron chi connectivity index (χ2n) is 7.65. The lowest BCUT2D eigenvalue weighted by atomic mass is 10.1. The van der Waals surface area contributed by atoms with Gasteiger partial charge in [-0.3, -0.25) is 4.90 Å². The number of hydrogen-bond acceptors (Lipinski definition) is 4. The first-order chi connectivity index (χ1) is 9.85. The molecule has 5 heteroatoms. The second-order valence-corrected chi connectivity index (χ2v) is 7.65. The predicted octanol–water partition coefficient (Wildman–Crippen LogP) is 2.29. The molecule has 1 N–H and O–H groups in total. The highest BCUT2D eigenvalue weighted by molar-refractivity contribution is 4.91. The van der Waals surface area contributed by atoms with E-state index in [0.717, 1.165) is 25.5 Å². The summed E-state index contributed by atoms with van der Waals surface area (Å²) in [5, 5.41) is 8.01. The van der Waals surface area contributed by atoms with Crippen molar-refractivity contribution in [3.63, 3.8) is 0 Å². The first-order valence-electron chi connectivity index (χ1n) is 8.21. The summed E-state index contributed by atoms with van der Waals surface area (Å²) in [6.45, 7) is 15.2. The van der Waals surface area contributed by atoms with E-state index < -0.39 is 0 Å². The van der Waals surface area contributed by atoms with Gasteiger partial charge in [0.1, 0.15) is 12.2 Å². The zero-order valence-electron chi connectivity index (χ0n) is 14.3. The van der Waals surface area contributed by atoms with E-state index in [1.165, 1.54) is 19.4 Å². The minimum atomic E-state index is 0.186. The van der Waals surface area contributed by atoms with Crippen molar-refractivity contribution in [2.24, 2.45) is 5.92 Å². The SMILES string of the molecule is CC(C)Cn1ncnc1CN1CCCC1CNC(C)(C)C. The van der Waals surface area contributed by atoms with E-state index in [9.17, 15) is 0 Å². The summed E-state index contributed by atoms with van der Waals surface area (Å²) in [6.07, 6.45) is 4.26. The van der Waals surface area contributed by atoms with Gasteiger partial charge in [-0.15, -0.1) is 0 Å². The minimum absolute atomic E-state index is 0.186. The van der Waals surface area contributed by atoms with E-state index in [4.69, 9.17) is 0 Å². The van der Waals surface area contributed by atoms with Gasteiger partial charge in [-0.05, 0) is 46.1 Å². The Morgan fingerprint density at radius 3 is 2.81 bits per heavy atom. The van der Waals surface area contributed by atoms with Crippen molar-refractivity contribution in [2.75, 3.05) is 13.1 Å². The monoisotopic (exact) mass is 293 g/mol. The third kappa shape index (κ3) is 5.08. The molecule has 0 amide bonds. The average Bonchev–Trinajstić information content (AvgIpc) is 2.96. The summed E-state index contributed by atoms with van der Waals surface area (Å²) in [6, 6.07) is 0.619. The molecule has 5 nitrogen and oxygen atoms in total. The van der Waals surface area contributed by atoms with Gasteiger partial charge in [0.05, 0.1) is 6.54 Å². The molecular weight excluding hydrogens is 262 g/mol. The highest BCUT2D eigenvalue weighted by Crippen LogP contribution is 2.19. The van der Waals surface area contributed by atoms with Gasteiger partial charge in [0, 0.05) is 24.7 Å². The number of nitrogens with one attached hydrogen (secondary N) is 1. The summed E-state index contributed by atoms with van der Waals surface area (Å²) in [5.41, 5.74) is 0.186. The van der Waals surface area contributed by atoms with Crippen molar-refractivity contribution >= 4 is 0 Å². The molecular formula is C16H31N5. The Morgan fingerprint density at radius 1 is 1.38 bits per heavy atom. The summed E-state index contributed by atoms with van der Waals surface area (Å²) in [7, 11) is 0. The van der Waals surface area contributed by atoms with Crippen molar-refractivity contribution in [3.8, 4) is 0 Å². The maximum Gasteiger partial charge on any atom is 0.141 e. The fourth-order valence-corrected chi connectivity index (χ4v) is 2.85. The molecule has 1 aliphatic rings. The van der Waals surface area contributed by atoms with Crippen LogP contribution in [0, 0.1) is 5.92 Å². The van der Waals surface area contributed by atoms with E-state index in [0.29, 0.717) is 12.0 Å². The molecule has 0 saturated carbocycles. The first kappa shape index (κ1) is 16.4. The molecule has 0 aliphatic carbocycles. The summed E-state index contributed by atoms with van der Waals surface area (Å²) in [5.74, 6) is 1.70. The van der Waals surface area contributed by atoms with Crippen LogP contribution < -0.4 is 5.32 Å². The van der Waals surface area contributed by atoms with Crippen molar-refractivity contribution < 1.29 is 0 Å². The quantitative estimate of drug-likeness (QED) is 0.874. The second kappa shape index (κ2) is 6.88. The van der Waals surface area contributed by atoms with Gasteiger partial charge in [-0.25, -0.2) is 9.67 Å². The van der Waals surface area contributed by atoms with Crippen molar-refractivity contribution in [1.82, 2.24) is 25.0 Å². The van der Waals surface area contributed by atoms with E-state index in [-0.39, 0.29) is 5.54 Å². The molecule has 1 saturated heterocycles. The lowest BCUT2D eigenvalue weighted by Crippen LogP contribution is -2.45. The molecule has 21 heavy (non-hydrogen) atoms. The van der Waals surface area contributed by atoms with E-state index in [1.54, 1.807) is 6.33 Å². The molecule has 1 aromatic rings. The third-order valence-corrected chi connectivity index (χ3v) is 3.95. The number of rotatable bonds is 6. The van der Waals surface area contributed by atoms with Crippen molar-refractivity contribution in [1.29, 1.82) is 0 Å². The van der Waals surface area contributed by atoms with Crippen molar-refractivity contribution in [3.05, 3.63) is 12.2 Å². The van der Waals surface area contributed by atoms with Crippen LogP contribution >= 0.6 is 0 Å². The molecule has 120 valence electrons. The van der Waals surface area contributed by atoms with Crippen molar-refractivity contribution in [2.45, 2.75) is 72.1 Å². The first-order valence-corrected chi connectivity index (χ1v) is 8.21. The average molecular weight is 293 g/mol. The van der Waals surface area contributed by atoms with Gasteiger partial charge in [0.25, 0.3) is 0 Å². The lowest BCUT2D eigenvalue weighted by Gasteiger charge is -2.28. The zero-order chi connectivity index (χ0) is 15.5. The molecule has 1 aromatic heterocycles. The van der Waals surface area contributed by atoms with E-state index in [2.05, 4.69) is 59.6 Å². The Morgan fingerprint density at radius 2 is 2.14 bits per heavy atom. The summed E-state index contributed by atoms with van der Waals surface area (Å²) >= 11 is 0. The number of likely N-dealkylation sites (tertiary alicyclic amines) is 1. The maximum absolute atomic E-state index is 4.47. The number of hydrogen-bond donors (Lipinski definition) is 1. The third-order valence-electron chi connectivity index (χ3n) is 3.95. The van der Waals surface area contributed by atoms with Crippen LogP contribution in [0.5, 0.6) is 0 Å². The molecule has 1 atom stereocenters. The highest BCUT2D eigenvalue weighted by atomic mass is 15.4. The Hall–Kier alpha value is -0.940. The Labute approximate surface area is 129 Å². The minimum Gasteiger partial charge on any atom is -0.311 e. The molecule has 0 aromatic carbocycles. The topological polar surface area (TPSA) is 46.0 Å². The fourth-order valence-electron chi connectivity index (χ4n) is 2.85. The van der Waals surface area contributed by atoms with E-state index >= 15 is 0 Å². The Balaban J connectivity index is 1.93. The predicted molar refractivity (Wildman–Crippen MR) is 86.0 cm³/mol. The number of aromatic nitrogens is 3. The van der Waals surface area contributed by atoms with Gasteiger partial charge in [-0.1, -0.05) is 13.8 Å². The smallest absolute Gasteiger partial charge is 0.141 e. The van der Waals surface area contributed by atoms with Gasteiger partial charge < -0.3 is 5.32 Å². The molecule has 1 unspecified atom stereocenters. The van der Waals surface area contributed by atoms with Crippen LogP contribution in [0.15, 0.2) is 6.33 Å². The fraction of sp³-hybridized carbons (Fsp3) is 0.875. The Kier molecular flexibility index (Phi) is 5.38. The van der Waals surface area contributed by atoms with Crippen LogP contribution in [0.2, 0.25) is 0 Å². The molecule has 0 spiro atoms. The maximum atomic E-state index is 4.47. The van der Waals surface area contributed by atoms with Crippen LogP contribution in [0.25, 0.3) is 0 Å². The van der Waals surface area contributed by atoms with Gasteiger partial charge in [0.2, 0.25) is 0 Å². The standard InChI is InChI=1S/C16H31N5/c1-13(2)10-21-15(17-12-19-21)11-20-8-6-7-14(20)9-18-16(3,4)5/h12-14,18H,6-11H2,1-5H3. The summed E-state index contributed by atoms with van der Waals surface area (Å²) < 4.78 is 2.07. The molecule has 0 bridgehead atoms. The zero-order valence-corrected chi connectivity index (χ0v) is 14.3. The van der Waals surface area contributed by atoms with Gasteiger partial charge in [-0.2, -0.15) is 5.10 Å². The molecule has 1 aliphatic heterocycles. The van der Waals surface area contributed by atoms with Crippen LogP contribution in [-0.2, 0) is 13.1 Å². The highest BCUT2D eigenvalue weighted by Gasteiger charge is 2.26. The normalized spacial score (nSPS) is 20.6. The largest absolute Gasteiger partial charge is 0.311 e. The molecule has 1 fully saturated rings. The number of nitrogens with zero attached hydrogens (tertiary/aromatic N) is 4. The summed E-state index contributed by atoms with van der Waals surface area (Å²) in [4.78, 5) is 7.02. The van der Waals surface area contributed by atoms with Crippen LogP contribution in [0.1, 0.15) is 53.3 Å². The Bertz CT molecular complexity index is 432. The van der Waals surface area contributed by atoms with Crippen LogP contribution in [-0.4, -0.2) is 44.3 Å². The molecule has 2 rings (SSSR count).